The molecule has 0 radical (unpaired) electrons. The van der Waals surface area contributed by atoms with Gasteiger partial charge in [-0.25, -0.2) is 0 Å². The van der Waals surface area contributed by atoms with Gasteiger partial charge in [0.1, 0.15) is 0 Å². The van der Waals surface area contributed by atoms with Crippen LogP contribution in [0.2, 0.25) is 0 Å². The SMILES string of the molecule is COc1cc(-c2cc(CN3CCNC(CC(C)C)C3=O)ccn2)cc(OC)c1OC. The van der Waals surface area contributed by atoms with Crippen molar-refractivity contribution < 1.29 is 19.0 Å². The summed E-state index contributed by atoms with van der Waals surface area (Å²) in [6.07, 6.45) is 2.62. The number of nitrogens with zero attached hydrogens (tertiary/aromatic N) is 2. The summed E-state index contributed by atoms with van der Waals surface area (Å²) in [5.41, 5.74) is 2.68. The lowest BCUT2D eigenvalue weighted by atomic mass is 10.0. The number of piperazine rings is 1. The molecule has 1 amide bonds. The summed E-state index contributed by atoms with van der Waals surface area (Å²) in [4.78, 5) is 19.3. The zero-order valence-electron chi connectivity index (χ0n) is 18.4. The van der Waals surface area contributed by atoms with Crippen molar-refractivity contribution >= 4 is 5.91 Å². The summed E-state index contributed by atoms with van der Waals surface area (Å²) in [5.74, 6) is 2.34. The van der Waals surface area contributed by atoms with Crippen LogP contribution in [0.15, 0.2) is 30.5 Å². The number of amides is 1. The van der Waals surface area contributed by atoms with Crippen LogP contribution in [0.1, 0.15) is 25.8 Å². The summed E-state index contributed by atoms with van der Waals surface area (Å²) in [6, 6.07) is 7.61. The predicted molar refractivity (Wildman–Crippen MR) is 116 cm³/mol. The molecule has 1 saturated heterocycles. The number of pyridine rings is 1. The number of benzene rings is 1. The van der Waals surface area contributed by atoms with E-state index in [0.717, 1.165) is 29.8 Å². The Morgan fingerprint density at radius 1 is 1.13 bits per heavy atom. The van der Waals surface area contributed by atoms with Gasteiger partial charge in [0.15, 0.2) is 11.5 Å². The van der Waals surface area contributed by atoms with Crippen molar-refractivity contribution in [3.63, 3.8) is 0 Å². The number of ether oxygens (including phenoxy) is 3. The number of aromatic nitrogens is 1. The van der Waals surface area contributed by atoms with E-state index >= 15 is 0 Å². The van der Waals surface area contributed by atoms with Crippen LogP contribution in [0, 0.1) is 5.92 Å². The monoisotopic (exact) mass is 413 g/mol. The Hall–Kier alpha value is -2.80. The van der Waals surface area contributed by atoms with E-state index in [1.54, 1.807) is 27.5 Å². The lowest BCUT2D eigenvalue weighted by Gasteiger charge is -2.34. The van der Waals surface area contributed by atoms with Gasteiger partial charge in [0.05, 0.1) is 33.1 Å². The van der Waals surface area contributed by atoms with Crippen molar-refractivity contribution in [2.24, 2.45) is 5.92 Å². The van der Waals surface area contributed by atoms with Crippen LogP contribution in [0.5, 0.6) is 17.2 Å². The first-order valence-electron chi connectivity index (χ1n) is 10.2. The van der Waals surface area contributed by atoms with Gasteiger partial charge in [-0.15, -0.1) is 0 Å². The van der Waals surface area contributed by atoms with Crippen molar-refractivity contribution in [3.8, 4) is 28.5 Å². The third-order valence-corrected chi connectivity index (χ3v) is 5.25. The second-order valence-corrected chi connectivity index (χ2v) is 7.86. The summed E-state index contributed by atoms with van der Waals surface area (Å²) in [7, 11) is 4.76. The van der Waals surface area contributed by atoms with Crippen LogP contribution in [0.25, 0.3) is 11.3 Å². The molecule has 1 N–H and O–H groups in total. The van der Waals surface area contributed by atoms with E-state index < -0.39 is 0 Å². The van der Waals surface area contributed by atoms with Crippen LogP contribution in [0.4, 0.5) is 0 Å². The van der Waals surface area contributed by atoms with E-state index in [-0.39, 0.29) is 11.9 Å². The minimum absolute atomic E-state index is 0.102. The molecule has 1 fully saturated rings. The second kappa shape index (κ2) is 9.80. The molecule has 30 heavy (non-hydrogen) atoms. The lowest BCUT2D eigenvalue weighted by molar-refractivity contribution is -0.136. The molecule has 0 saturated carbocycles. The molecule has 0 aliphatic carbocycles. The van der Waals surface area contributed by atoms with Gasteiger partial charge in [0, 0.05) is 31.4 Å². The summed E-state index contributed by atoms with van der Waals surface area (Å²) in [6.45, 7) is 6.36. The zero-order chi connectivity index (χ0) is 21.7. The number of rotatable bonds is 8. The number of hydrogen-bond donors (Lipinski definition) is 1. The molecular formula is C23H31N3O4. The number of carbonyl (C=O) groups is 1. The average molecular weight is 414 g/mol. The topological polar surface area (TPSA) is 72.9 Å². The van der Waals surface area contributed by atoms with E-state index in [1.165, 1.54) is 0 Å². The van der Waals surface area contributed by atoms with Gasteiger partial charge >= 0.3 is 0 Å². The first kappa shape index (κ1) is 21.9. The number of carbonyl (C=O) groups excluding carboxylic acids is 1. The van der Waals surface area contributed by atoms with Crippen molar-refractivity contribution in [3.05, 3.63) is 36.0 Å². The third kappa shape index (κ3) is 4.84. The van der Waals surface area contributed by atoms with Gasteiger partial charge < -0.3 is 24.4 Å². The minimum atomic E-state index is -0.102. The normalized spacial score (nSPS) is 16.7. The maximum atomic E-state index is 12.9. The molecule has 0 spiro atoms. The Kier molecular flexibility index (Phi) is 7.15. The molecule has 1 unspecified atom stereocenters. The highest BCUT2D eigenvalue weighted by atomic mass is 16.5. The molecule has 1 aliphatic heterocycles. The number of methoxy groups -OCH3 is 3. The van der Waals surface area contributed by atoms with Gasteiger partial charge in [-0.2, -0.15) is 0 Å². The fourth-order valence-electron chi connectivity index (χ4n) is 3.78. The highest BCUT2D eigenvalue weighted by molar-refractivity contribution is 5.82. The fraction of sp³-hybridized carbons (Fsp3) is 0.478. The van der Waals surface area contributed by atoms with Crippen molar-refractivity contribution in [2.45, 2.75) is 32.9 Å². The second-order valence-electron chi connectivity index (χ2n) is 7.86. The quantitative estimate of drug-likeness (QED) is 0.717. The zero-order valence-corrected chi connectivity index (χ0v) is 18.4. The van der Waals surface area contributed by atoms with Crippen LogP contribution in [-0.2, 0) is 11.3 Å². The third-order valence-electron chi connectivity index (χ3n) is 5.25. The van der Waals surface area contributed by atoms with Gasteiger partial charge in [-0.05, 0) is 42.2 Å². The molecule has 162 valence electrons. The predicted octanol–water partition coefficient (Wildman–Crippen LogP) is 3.12. The molecule has 1 aliphatic rings. The van der Waals surface area contributed by atoms with Crippen LogP contribution in [-0.4, -0.2) is 56.3 Å². The molecule has 1 atom stereocenters. The van der Waals surface area contributed by atoms with E-state index in [1.807, 2.05) is 29.2 Å². The van der Waals surface area contributed by atoms with Crippen molar-refractivity contribution in [2.75, 3.05) is 34.4 Å². The fourth-order valence-corrected chi connectivity index (χ4v) is 3.78. The lowest BCUT2D eigenvalue weighted by Crippen LogP contribution is -2.54. The van der Waals surface area contributed by atoms with Crippen LogP contribution >= 0.6 is 0 Å². The van der Waals surface area contributed by atoms with Crippen LogP contribution in [0.3, 0.4) is 0 Å². The van der Waals surface area contributed by atoms with E-state index in [2.05, 4.69) is 24.1 Å². The summed E-state index contributed by atoms with van der Waals surface area (Å²) in [5, 5.41) is 3.35. The molecular weight excluding hydrogens is 382 g/mol. The maximum absolute atomic E-state index is 12.9. The van der Waals surface area contributed by atoms with Crippen molar-refractivity contribution in [1.29, 1.82) is 0 Å². The summed E-state index contributed by atoms with van der Waals surface area (Å²) >= 11 is 0. The molecule has 7 nitrogen and oxygen atoms in total. The minimum Gasteiger partial charge on any atom is -0.493 e. The molecule has 2 heterocycles. The van der Waals surface area contributed by atoms with Crippen LogP contribution < -0.4 is 19.5 Å². The molecule has 3 rings (SSSR count). The Bertz CT molecular complexity index is 859. The largest absolute Gasteiger partial charge is 0.493 e. The molecule has 0 bridgehead atoms. The Morgan fingerprint density at radius 3 is 2.43 bits per heavy atom. The average Bonchev–Trinajstić information content (AvgIpc) is 2.75. The molecule has 7 heteroatoms. The molecule has 1 aromatic carbocycles. The Morgan fingerprint density at radius 2 is 1.83 bits per heavy atom. The van der Waals surface area contributed by atoms with Gasteiger partial charge in [0.2, 0.25) is 11.7 Å². The first-order valence-corrected chi connectivity index (χ1v) is 10.2. The van der Waals surface area contributed by atoms with Gasteiger partial charge in [0.25, 0.3) is 0 Å². The first-order chi connectivity index (χ1) is 14.5. The Labute approximate surface area is 178 Å². The highest BCUT2D eigenvalue weighted by Crippen LogP contribution is 2.40. The smallest absolute Gasteiger partial charge is 0.240 e. The van der Waals surface area contributed by atoms with E-state index in [9.17, 15) is 4.79 Å². The highest BCUT2D eigenvalue weighted by Gasteiger charge is 2.28. The van der Waals surface area contributed by atoms with Gasteiger partial charge in [-0.3, -0.25) is 9.78 Å². The standard InChI is InChI=1S/C23H31N3O4/c1-15(2)10-19-23(27)26(9-8-25-19)14-16-6-7-24-18(11-16)17-12-20(28-3)22(30-5)21(13-17)29-4/h6-7,11-13,15,19,25H,8-10,14H2,1-5H3. The summed E-state index contributed by atoms with van der Waals surface area (Å²) < 4.78 is 16.3. The molecule has 1 aromatic heterocycles. The van der Waals surface area contributed by atoms with E-state index in [4.69, 9.17) is 14.2 Å². The number of hydrogen-bond acceptors (Lipinski definition) is 6. The Balaban J connectivity index is 1.84. The van der Waals surface area contributed by atoms with Crippen molar-refractivity contribution in [1.82, 2.24) is 15.2 Å². The molecule has 2 aromatic rings. The maximum Gasteiger partial charge on any atom is 0.240 e. The van der Waals surface area contributed by atoms with Gasteiger partial charge in [-0.1, -0.05) is 13.8 Å². The number of nitrogens with one attached hydrogen (secondary N) is 1. The van der Waals surface area contributed by atoms with E-state index in [0.29, 0.717) is 36.3 Å².